The standard InChI is InChI=1S/C11H17NO6S/c1-7(13)19-5-9(14)12-6-11(17-2,18-3)4-8(12)10(15)16/h8H,4-6H2,1-3H3,(H,15,16)/t8-/m0/s1. The van der Waals surface area contributed by atoms with E-state index in [2.05, 4.69) is 0 Å². The third-order valence-corrected chi connectivity index (χ3v) is 3.84. The van der Waals surface area contributed by atoms with Crippen LogP contribution < -0.4 is 0 Å². The van der Waals surface area contributed by atoms with Crippen LogP contribution in [0, 0.1) is 0 Å². The van der Waals surface area contributed by atoms with Gasteiger partial charge in [0.2, 0.25) is 5.91 Å². The molecule has 7 nitrogen and oxygen atoms in total. The average molecular weight is 291 g/mol. The number of carboxylic acid groups (broad SMARTS) is 1. The molecule has 1 atom stereocenters. The van der Waals surface area contributed by atoms with E-state index in [1.807, 2.05) is 0 Å². The first-order chi connectivity index (χ1) is 8.85. The summed E-state index contributed by atoms with van der Waals surface area (Å²) >= 11 is 0.851. The number of carbonyl (C=O) groups is 3. The Morgan fingerprint density at radius 1 is 1.37 bits per heavy atom. The number of carbonyl (C=O) groups excluding carboxylic acids is 2. The van der Waals surface area contributed by atoms with Crippen LogP contribution in [0.25, 0.3) is 0 Å². The molecule has 1 N–H and O–H groups in total. The van der Waals surface area contributed by atoms with Crippen molar-refractivity contribution < 1.29 is 29.0 Å². The van der Waals surface area contributed by atoms with Crippen LogP contribution in [0.2, 0.25) is 0 Å². The van der Waals surface area contributed by atoms with E-state index in [0.29, 0.717) is 0 Å². The molecule has 1 aliphatic heterocycles. The molecule has 0 radical (unpaired) electrons. The van der Waals surface area contributed by atoms with Crippen molar-refractivity contribution >= 4 is 28.8 Å². The maximum atomic E-state index is 12.0. The molecule has 0 saturated carbocycles. The molecule has 0 aromatic rings. The summed E-state index contributed by atoms with van der Waals surface area (Å²) in [6, 6.07) is -1.00. The molecule has 0 spiro atoms. The van der Waals surface area contributed by atoms with Gasteiger partial charge in [-0.05, 0) is 0 Å². The minimum absolute atomic E-state index is 0.0360. The highest BCUT2D eigenvalue weighted by atomic mass is 32.2. The van der Waals surface area contributed by atoms with Crippen molar-refractivity contribution in [2.24, 2.45) is 0 Å². The minimum atomic E-state index is -1.11. The van der Waals surface area contributed by atoms with Gasteiger partial charge in [-0.1, -0.05) is 11.8 Å². The van der Waals surface area contributed by atoms with E-state index < -0.39 is 23.7 Å². The van der Waals surface area contributed by atoms with Gasteiger partial charge in [0.15, 0.2) is 10.9 Å². The van der Waals surface area contributed by atoms with Crippen LogP contribution in [0.15, 0.2) is 0 Å². The summed E-state index contributed by atoms with van der Waals surface area (Å²) < 4.78 is 10.4. The fraction of sp³-hybridized carbons (Fsp3) is 0.727. The second-order valence-corrected chi connectivity index (χ2v) is 5.33. The van der Waals surface area contributed by atoms with Gasteiger partial charge < -0.3 is 19.5 Å². The lowest BCUT2D eigenvalue weighted by atomic mass is 10.1. The maximum absolute atomic E-state index is 12.0. The molecule has 19 heavy (non-hydrogen) atoms. The molecule has 0 aromatic heterocycles. The van der Waals surface area contributed by atoms with Crippen molar-refractivity contribution in [3.05, 3.63) is 0 Å². The van der Waals surface area contributed by atoms with Crippen molar-refractivity contribution in [2.75, 3.05) is 26.5 Å². The van der Waals surface area contributed by atoms with Gasteiger partial charge in [0.1, 0.15) is 6.04 Å². The SMILES string of the molecule is COC1(OC)C[C@@H](C(=O)O)N(C(=O)CSC(C)=O)C1. The predicted molar refractivity (Wildman–Crippen MR) is 67.6 cm³/mol. The second kappa shape index (κ2) is 6.36. The number of rotatable bonds is 5. The van der Waals surface area contributed by atoms with Crippen molar-refractivity contribution in [3.8, 4) is 0 Å². The van der Waals surface area contributed by atoms with Crippen LogP contribution in [0.1, 0.15) is 13.3 Å². The van der Waals surface area contributed by atoms with Gasteiger partial charge in [-0.15, -0.1) is 0 Å². The number of hydrogen-bond donors (Lipinski definition) is 1. The second-order valence-electron chi connectivity index (χ2n) is 4.18. The van der Waals surface area contributed by atoms with E-state index in [1.54, 1.807) is 0 Å². The Morgan fingerprint density at radius 3 is 2.37 bits per heavy atom. The van der Waals surface area contributed by atoms with Crippen LogP contribution in [0.3, 0.4) is 0 Å². The Hall–Kier alpha value is -1.12. The quantitative estimate of drug-likeness (QED) is 0.709. The van der Waals surface area contributed by atoms with Crippen molar-refractivity contribution in [1.82, 2.24) is 4.90 Å². The number of thioether (sulfide) groups is 1. The molecular weight excluding hydrogens is 274 g/mol. The number of nitrogens with zero attached hydrogens (tertiary/aromatic N) is 1. The normalized spacial score (nSPS) is 21.4. The number of likely N-dealkylation sites (tertiary alicyclic amines) is 1. The van der Waals surface area contributed by atoms with Crippen molar-refractivity contribution in [1.29, 1.82) is 0 Å². The lowest BCUT2D eigenvalue weighted by Crippen LogP contribution is -2.43. The van der Waals surface area contributed by atoms with Crippen molar-refractivity contribution in [3.63, 3.8) is 0 Å². The first-order valence-corrected chi connectivity index (χ1v) is 6.59. The molecule has 8 heteroatoms. The van der Waals surface area contributed by atoms with Gasteiger partial charge in [-0.3, -0.25) is 9.59 Å². The molecule has 0 unspecified atom stereocenters. The molecule has 1 saturated heterocycles. The van der Waals surface area contributed by atoms with Gasteiger partial charge in [0.25, 0.3) is 0 Å². The summed E-state index contributed by atoms with van der Waals surface area (Å²) in [5, 5.41) is 8.96. The third kappa shape index (κ3) is 3.68. The number of methoxy groups -OCH3 is 2. The van der Waals surface area contributed by atoms with E-state index in [9.17, 15) is 14.4 Å². The molecule has 108 valence electrons. The van der Waals surface area contributed by atoms with Gasteiger partial charge in [0, 0.05) is 27.6 Å². The molecule has 1 rings (SSSR count). The number of aliphatic carboxylic acids is 1. The topological polar surface area (TPSA) is 93.1 Å². The monoisotopic (exact) mass is 291 g/mol. The van der Waals surface area contributed by atoms with Gasteiger partial charge >= 0.3 is 5.97 Å². The smallest absolute Gasteiger partial charge is 0.326 e. The van der Waals surface area contributed by atoms with Crippen LogP contribution in [0.5, 0.6) is 0 Å². The molecule has 1 fully saturated rings. The Bertz CT molecular complexity index is 381. The zero-order chi connectivity index (χ0) is 14.6. The molecule has 0 bridgehead atoms. The molecule has 0 aromatic carbocycles. The molecule has 1 amide bonds. The van der Waals surface area contributed by atoms with E-state index in [0.717, 1.165) is 11.8 Å². The first kappa shape index (κ1) is 15.9. The summed E-state index contributed by atoms with van der Waals surface area (Å²) in [6.45, 7) is 1.39. The summed E-state index contributed by atoms with van der Waals surface area (Å²) in [6.07, 6.45) is 0.0613. The predicted octanol–water partition coefficient (Wildman–Crippen LogP) is -0.0593. The van der Waals surface area contributed by atoms with Gasteiger partial charge in [-0.2, -0.15) is 0 Å². The highest BCUT2D eigenvalue weighted by molar-refractivity contribution is 8.14. The summed E-state index contributed by atoms with van der Waals surface area (Å²) in [5.41, 5.74) is 0. The van der Waals surface area contributed by atoms with E-state index in [-0.39, 0.29) is 23.8 Å². The molecular formula is C11H17NO6S. The number of amides is 1. The van der Waals surface area contributed by atoms with Gasteiger partial charge in [0.05, 0.1) is 12.3 Å². The Labute approximate surface area is 115 Å². The number of ether oxygens (including phenoxy) is 2. The fourth-order valence-electron chi connectivity index (χ4n) is 1.95. The number of hydrogen-bond acceptors (Lipinski definition) is 6. The molecule has 0 aliphatic carbocycles. The average Bonchev–Trinajstić information content (AvgIpc) is 2.77. The zero-order valence-electron chi connectivity index (χ0n) is 11.0. The molecule has 1 aliphatic rings. The summed E-state index contributed by atoms with van der Waals surface area (Å²) in [7, 11) is 2.81. The maximum Gasteiger partial charge on any atom is 0.326 e. The Morgan fingerprint density at radius 2 is 1.95 bits per heavy atom. The highest BCUT2D eigenvalue weighted by Crippen LogP contribution is 2.31. The van der Waals surface area contributed by atoms with Crippen LogP contribution in [-0.4, -0.2) is 65.3 Å². The lowest BCUT2D eigenvalue weighted by molar-refractivity contribution is -0.197. The van der Waals surface area contributed by atoms with Crippen molar-refractivity contribution in [2.45, 2.75) is 25.2 Å². The van der Waals surface area contributed by atoms with Crippen LogP contribution >= 0.6 is 11.8 Å². The largest absolute Gasteiger partial charge is 0.480 e. The fourth-order valence-corrected chi connectivity index (χ4v) is 2.44. The highest BCUT2D eigenvalue weighted by Gasteiger charge is 2.49. The summed E-state index contributed by atoms with van der Waals surface area (Å²) in [5.74, 6) is -2.71. The third-order valence-electron chi connectivity index (χ3n) is 3.04. The van der Waals surface area contributed by atoms with E-state index >= 15 is 0 Å². The first-order valence-electron chi connectivity index (χ1n) is 5.61. The number of carboxylic acids is 1. The van der Waals surface area contributed by atoms with Gasteiger partial charge in [-0.25, -0.2) is 4.79 Å². The zero-order valence-corrected chi connectivity index (χ0v) is 11.9. The van der Waals surface area contributed by atoms with Crippen LogP contribution in [-0.2, 0) is 23.9 Å². The van der Waals surface area contributed by atoms with E-state index in [1.165, 1.54) is 26.0 Å². The molecule has 1 heterocycles. The minimum Gasteiger partial charge on any atom is -0.480 e. The van der Waals surface area contributed by atoms with E-state index in [4.69, 9.17) is 14.6 Å². The Kier molecular flexibility index (Phi) is 5.33. The Balaban J connectivity index is 2.82. The lowest BCUT2D eigenvalue weighted by Gasteiger charge is -2.25. The van der Waals surface area contributed by atoms with Crippen LogP contribution in [0.4, 0.5) is 0 Å². The summed E-state index contributed by atoms with van der Waals surface area (Å²) in [4.78, 5) is 35.2.